The van der Waals surface area contributed by atoms with Gasteiger partial charge in [0.05, 0.1) is 10.0 Å². The van der Waals surface area contributed by atoms with Gasteiger partial charge in [-0.3, -0.25) is 4.90 Å². The zero-order valence-electron chi connectivity index (χ0n) is 10.4. The van der Waals surface area contributed by atoms with Crippen molar-refractivity contribution in [1.29, 1.82) is 0 Å². The first kappa shape index (κ1) is 16.1. The Morgan fingerprint density at radius 1 is 1.39 bits per heavy atom. The SMILES string of the molecule is CC1CC(CN)CN1Cc1cccc(Cl)c1Cl.Cl. The fourth-order valence-electron chi connectivity index (χ4n) is 2.50. The molecule has 0 bridgehead atoms. The number of nitrogens with zero attached hydrogens (tertiary/aromatic N) is 1. The molecule has 0 aromatic heterocycles. The lowest BCUT2D eigenvalue weighted by Gasteiger charge is -2.21. The van der Waals surface area contributed by atoms with Gasteiger partial charge in [-0.05, 0) is 37.4 Å². The molecule has 2 unspecified atom stereocenters. The van der Waals surface area contributed by atoms with E-state index in [1.54, 1.807) is 0 Å². The summed E-state index contributed by atoms with van der Waals surface area (Å²) in [6.07, 6.45) is 1.18. The Morgan fingerprint density at radius 2 is 2.11 bits per heavy atom. The van der Waals surface area contributed by atoms with Crippen LogP contribution in [0.1, 0.15) is 18.9 Å². The van der Waals surface area contributed by atoms with Crippen molar-refractivity contribution in [1.82, 2.24) is 4.90 Å². The van der Waals surface area contributed by atoms with Crippen LogP contribution in [0.15, 0.2) is 18.2 Å². The lowest BCUT2D eigenvalue weighted by Crippen LogP contribution is -2.27. The number of rotatable bonds is 3. The molecule has 0 amide bonds. The van der Waals surface area contributed by atoms with Crippen LogP contribution >= 0.6 is 35.6 Å². The Labute approximate surface area is 125 Å². The summed E-state index contributed by atoms with van der Waals surface area (Å²) < 4.78 is 0. The quantitative estimate of drug-likeness (QED) is 0.924. The highest BCUT2D eigenvalue weighted by molar-refractivity contribution is 6.42. The van der Waals surface area contributed by atoms with Crippen molar-refractivity contribution in [2.24, 2.45) is 11.7 Å². The zero-order valence-corrected chi connectivity index (χ0v) is 12.7. The van der Waals surface area contributed by atoms with E-state index in [-0.39, 0.29) is 12.4 Å². The van der Waals surface area contributed by atoms with E-state index in [0.717, 1.165) is 25.2 Å². The van der Waals surface area contributed by atoms with Crippen LogP contribution in [-0.4, -0.2) is 24.0 Å². The normalized spacial score (nSPS) is 24.0. The minimum absolute atomic E-state index is 0. The molecule has 0 spiro atoms. The van der Waals surface area contributed by atoms with Gasteiger partial charge in [0.2, 0.25) is 0 Å². The summed E-state index contributed by atoms with van der Waals surface area (Å²) in [5, 5.41) is 1.31. The number of nitrogens with two attached hydrogens (primary N) is 1. The molecular formula is C13H19Cl3N2. The van der Waals surface area contributed by atoms with Gasteiger partial charge in [0.25, 0.3) is 0 Å². The average molecular weight is 310 g/mol. The lowest BCUT2D eigenvalue weighted by molar-refractivity contribution is 0.256. The number of halogens is 3. The molecule has 2 rings (SSSR count). The molecule has 0 radical (unpaired) electrons. The first-order valence-corrected chi connectivity index (χ1v) is 6.74. The number of likely N-dealkylation sites (tertiary alicyclic amines) is 1. The van der Waals surface area contributed by atoms with Gasteiger partial charge < -0.3 is 5.73 Å². The molecule has 0 aliphatic carbocycles. The van der Waals surface area contributed by atoms with Crippen LogP contribution in [0.3, 0.4) is 0 Å². The van der Waals surface area contributed by atoms with Crippen LogP contribution in [0.5, 0.6) is 0 Å². The molecule has 2 N–H and O–H groups in total. The number of hydrogen-bond acceptors (Lipinski definition) is 2. The van der Waals surface area contributed by atoms with Crippen LogP contribution in [0, 0.1) is 5.92 Å². The Morgan fingerprint density at radius 3 is 2.72 bits per heavy atom. The van der Waals surface area contributed by atoms with Crippen molar-refractivity contribution in [2.45, 2.75) is 25.9 Å². The van der Waals surface area contributed by atoms with E-state index in [0.29, 0.717) is 22.0 Å². The van der Waals surface area contributed by atoms with Gasteiger partial charge in [0, 0.05) is 19.1 Å². The Balaban J connectivity index is 0.00000162. The third kappa shape index (κ3) is 3.52. The van der Waals surface area contributed by atoms with Crippen molar-refractivity contribution in [3.8, 4) is 0 Å². The molecule has 2 nitrogen and oxygen atoms in total. The maximum absolute atomic E-state index is 6.21. The van der Waals surface area contributed by atoms with Crippen LogP contribution in [0.25, 0.3) is 0 Å². The van der Waals surface area contributed by atoms with E-state index < -0.39 is 0 Å². The van der Waals surface area contributed by atoms with E-state index in [1.165, 1.54) is 6.42 Å². The van der Waals surface area contributed by atoms with Crippen LogP contribution in [0.4, 0.5) is 0 Å². The van der Waals surface area contributed by atoms with E-state index in [4.69, 9.17) is 28.9 Å². The van der Waals surface area contributed by atoms with E-state index in [2.05, 4.69) is 11.8 Å². The van der Waals surface area contributed by atoms with Gasteiger partial charge in [-0.2, -0.15) is 0 Å². The maximum atomic E-state index is 6.21. The third-order valence-electron chi connectivity index (χ3n) is 3.53. The molecular weight excluding hydrogens is 291 g/mol. The summed E-state index contributed by atoms with van der Waals surface area (Å²) in [6.45, 7) is 4.93. The van der Waals surface area contributed by atoms with Gasteiger partial charge >= 0.3 is 0 Å². The van der Waals surface area contributed by atoms with Crippen molar-refractivity contribution < 1.29 is 0 Å². The van der Waals surface area contributed by atoms with E-state index in [9.17, 15) is 0 Å². The van der Waals surface area contributed by atoms with Gasteiger partial charge in [-0.15, -0.1) is 12.4 Å². The zero-order chi connectivity index (χ0) is 12.4. The standard InChI is InChI=1S/C13H18Cl2N2.ClH/c1-9-5-10(6-16)7-17(9)8-11-3-2-4-12(14)13(11)15;/h2-4,9-10H,5-8,16H2,1H3;1H. The molecule has 1 fully saturated rings. The Hall–Kier alpha value is 0.01000. The molecule has 1 heterocycles. The Kier molecular flexibility index (Phi) is 6.22. The summed E-state index contributed by atoms with van der Waals surface area (Å²) in [6, 6.07) is 6.38. The predicted octanol–water partition coefficient (Wildman–Crippen LogP) is 3.58. The lowest BCUT2D eigenvalue weighted by atomic mass is 10.1. The summed E-state index contributed by atoms with van der Waals surface area (Å²) in [5.41, 5.74) is 6.83. The summed E-state index contributed by atoms with van der Waals surface area (Å²) >= 11 is 12.2. The number of hydrogen-bond donors (Lipinski definition) is 1. The fourth-order valence-corrected chi connectivity index (χ4v) is 2.88. The molecule has 2 atom stereocenters. The van der Waals surface area contributed by atoms with Gasteiger partial charge in [0.1, 0.15) is 0 Å². The summed E-state index contributed by atoms with van der Waals surface area (Å²) in [4.78, 5) is 2.43. The third-order valence-corrected chi connectivity index (χ3v) is 4.39. The van der Waals surface area contributed by atoms with Crippen LogP contribution in [0.2, 0.25) is 10.0 Å². The Bertz CT molecular complexity index is 398. The maximum Gasteiger partial charge on any atom is 0.0637 e. The minimum Gasteiger partial charge on any atom is -0.330 e. The highest BCUT2D eigenvalue weighted by Gasteiger charge is 2.28. The highest BCUT2D eigenvalue weighted by atomic mass is 35.5. The van der Waals surface area contributed by atoms with Crippen molar-refractivity contribution in [2.75, 3.05) is 13.1 Å². The van der Waals surface area contributed by atoms with Crippen molar-refractivity contribution in [3.63, 3.8) is 0 Å². The number of benzene rings is 1. The second-order valence-electron chi connectivity index (χ2n) is 4.83. The average Bonchev–Trinajstić information content (AvgIpc) is 2.66. The van der Waals surface area contributed by atoms with Crippen LogP contribution in [-0.2, 0) is 6.54 Å². The molecule has 0 saturated carbocycles. The molecule has 102 valence electrons. The molecule has 5 heteroatoms. The molecule has 1 aliphatic heterocycles. The summed E-state index contributed by atoms with van der Waals surface area (Å²) in [7, 11) is 0. The van der Waals surface area contributed by atoms with Crippen molar-refractivity contribution >= 4 is 35.6 Å². The second-order valence-corrected chi connectivity index (χ2v) is 5.61. The summed E-state index contributed by atoms with van der Waals surface area (Å²) in [5.74, 6) is 0.614. The first-order valence-electron chi connectivity index (χ1n) is 5.98. The van der Waals surface area contributed by atoms with Gasteiger partial charge in [0.15, 0.2) is 0 Å². The monoisotopic (exact) mass is 308 g/mol. The fraction of sp³-hybridized carbons (Fsp3) is 0.538. The van der Waals surface area contributed by atoms with Crippen LogP contribution < -0.4 is 5.73 Å². The predicted molar refractivity (Wildman–Crippen MR) is 80.7 cm³/mol. The van der Waals surface area contributed by atoms with Gasteiger partial charge in [-0.25, -0.2) is 0 Å². The molecule has 1 saturated heterocycles. The first-order chi connectivity index (χ1) is 8.11. The highest BCUT2D eigenvalue weighted by Crippen LogP contribution is 2.30. The molecule has 1 aromatic carbocycles. The minimum atomic E-state index is 0. The largest absolute Gasteiger partial charge is 0.330 e. The van der Waals surface area contributed by atoms with E-state index in [1.807, 2.05) is 18.2 Å². The van der Waals surface area contributed by atoms with Crippen molar-refractivity contribution in [3.05, 3.63) is 33.8 Å². The second kappa shape index (κ2) is 6.97. The van der Waals surface area contributed by atoms with E-state index >= 15 is 0 Å². The topological polar surface area (TPSA) is 29.3 Å². The molecule has 1 aromatic rings. The smallest absolute Gasteiger partial charge is 0.0637 e. The molecule has 18 heavy (non-hydrogen) atoms. The molecule has 1 aliphatic rings. The van der Waals surface area contributed by atoms with Gasteiger partial charge in [-0.1, -0.05) is 35.3 Å².